The van der Waals surface area contributed by atoms with Crippen molar-refractivity contribution < 1.29 is 14.9 Å². The maximum absolute atomic E-state index is 8.98. The summed E-state index contributed by atoms with van der Waals surface area (Å²) >= 11 is 0. The van der Waals surface area contributed by atoms with Gasteiger partial charge in [-0.3, -0.25) is 4.98 Å². The van der Waals surface area contributed by atoms with Gasteiger partial charge in [0.2, 0.25) is 0 Å². The highest BCUT2D eigenvalue weighted by Gasteiger charge is 2.02. The topological polar surface area (TPSA) is 62.6 Å². The van der Waals surface area contributed by atoms with E-state index in [1.165, 1.54) is 0 Å². The van der Waals surface area contributed by atoms with Gasteiger partial charge in [0.25, 0.3) is 0 Å². The molecule has 4 heteroatoms. The summed E-state index contributed by atoms with van der Waals surface area (Å²) in [5, 5.41) is 17.5. The Morgan fingerprint density at radius 1 is 1.54 bits per heavy atom. The molecule has 1 heterocycles. The molecule has 0 spiro atoms. The molecule has 0 aliphatic carbocycles. The number of hydrogen-bond acceptors (Lipinski definition) is 4. The minimum atomic E-state index is -0.832. The molecule has 0 amide bonds. The van der Waals surface area contributed by atoms with Crippen LogP contribution >= 0.6 is 0 Å². The van der Waals surface area contributed by atoms with E-state index in [-0.39, 0.29) is 13.2 Å². The number of aliphatic hydroxyl groups is 2. The summed E-state index contributed by atoms with van der Waals surface area (Å²) in [4.78, 5) is 4.01. The molecule has 1 aromatic rings. The van der Waals surface area contributed by atoms with Gasteiger partial charge < -0.3 is 14.9 Å². The summed E-state index contributed by atoms with van der Waals surface area (Å²) in [6.07, 6.45) is 0.751. The standard InChI is InChI=1S/C9H13NO3/c1-7-2-3-9(4-10-7)13-6-8(12)5-11/h2-4,8,11-12H,5-6H2,1H3. The lowest BCUT2D eigenvalue weighted by atomic mass is 10.3. The summed E-state index contributed by atoms with van der Waals surface area (Å²) in [5.74, 6) is 0.595. The van der Waals surface area contributed by atoms with Gasteiger partial charge in [-0.25, -0.2) is 0 Å². The van der Waals surface area contributed by atoms with Crippen LogP contribution in [0.1, 0.15) is 5.69 Å². The molecule has 0 aliphatic heterocycles. The van der Waals surface area contributed by atoms with Crippen LogP contribution in [0.25, 0.3) is 0 Å². The van der Waals surface area contributed by atoms with E-state index in [0.29, 0.717) is 5.75 Å². The first-order valence-electron chi connectivity index (χ1n) is 4.06. The highest BCUT2D eigenvalue weighted by molar-refractivity contribution is 5.18. The minimum absolute atomic E-state index is 0.0846. The van der Waals surface area contributed by atoms with Crippen LogP contribution in [0.3, 0.4) is 0 Å². The van der Waals surface area contributed by atoms with Crippen molar-refractivity contribution in [2.45, 2.75) is 13.0 Å². The molecular weight excluding hydrogens is 170 g/mol. The molecule has 0 saturated carbocycles. The quantitative estimate of drug-likeness (QED) is 0.696. The average molecular weight is 183 g/mol. The molecule has 0 aliphatic rings. The summed E-state index contributed by atoms with van der Waals surface area (Å²) in [6.45, 7) is 1.67. The van der Waals surface area contributed by atoms with Gasteiger partial charge in [-0.15, -0.1) is 0 Å². The summed E-state index contributed by atoms with van der Waals surface area (Å²) in [7, 11) is 0. The fourth-order valence-corrected chi connectivity index (χ4v) is 0.785. The number of rotatable bonds is 4. The van der Waals surface area contributed by atoms with Crippen LogP contribution in [0.5, 0.6) is 5.75 Å². The molecule has 13 heavy (non-hydrogen) atoms. The zero-order valence-electron chi connectivity index (χ0n) is 7.47. The molecule has 1 rings (SSSR count). The van der Waals surface area contributed by atoms with Crippen molar-refractivity contribution in [3.63, 3.8) is 0 Å². The molecule has 1 aromatic heterocycles. The SMILES string of the molecule is Cc1ccc(OCC(O)CO)cn1. The summed E-state index contributed by atoms with van der Waals surface area (Å²) < 4.78 is 5.14. The average Bonchev–Trinajstić information content (AvgIpc) is 2.16. The van der Waals surface area contributed by atoms with Gasteiger partial charge in [-0.2, -0.15) is 0 Å². The Kier molecular flexibility index (Phi) is 3.67. The Labute approximate surface area is 76.8 Å². The number of hydrogen-bond donors (Lipinski definition) is 2. The Balaban J connectivity index is 2.41. The maximum atomic E-state index is 8.98. The smallest absolute Gasteiger partial charge is 0.137 e. The van der Waals surface area contributed by atoms with Gasteiger partial charge in [0.05, 0.1) is 12.8 Å². The lowest BCUT2D eigenvalue weighted by Gasteiger charge is -2.09. The first-order chi connectivity index (χ1) is 6.22. The molecule has 2 N–H and O–H groups in total. The van der Waals surface area contributed by atoms with Crippen molar-refractivity contribution >= 4 is 0 Å². The first-order valence-corrected chi connectivity index (χ1v) is 4.06. The Hall–Kier alpha value is -1.13. The molecule has 1 unspecified atom stereocenters. The van der Waals surface area contributed by atoms with Crippen molar-refractivity contribution in [3.8, 4) is 5.75 Å². The fraction of sp³-hybridized carbons (Fsp3) is 0.444. The second-order valence-corrected chi connectivity index (χ2v) is 2.78. The highest BCUT2D eigenvalue weighted by atomic mass is 16.5. The van der Waals surface area contributed by atoms with Gasteiger partial charge >= 0.3 is 0 Å². The van der Waals surface area contributed by atoms with Gasteiger partial charge in [0, 0.05) is 5.69 Å². The van der Waals surface area contributed by atoms with Gasteiger partial charge in [0.1, 0.15) is 18.5 Å². The number of aromatic nitrogens is 1. The summed E-state index contributed by atoms with van der Waals surface area (Å²) in [6, 6.07) is 3.59. The Bertz CT molecular complexity index is 248. The van der Waals surface area contributed by atoms with Crippen LogP contribution in [-0.4, -0.2) is 34.5 Å². The van der Waals surface area contributed by atoms with Crippen molar-refractivity contribution in [1.29, 1.82) is 0 Å². The van der Waals surface area contributed by atoms with E-state index < -0.39 is 6.10 Å². The lowest BCUT2D eigenvalue weighted by molar-refractivity contribution is 0.0535. The predicted molar refractivity (Wildman–Crippen MR) is 47.6 cm³/mol. The van der Waals surface area contributed by atoms with Gasteiger partial charge in [0.15, 0.2) is 0 Å². The van der Waals surface area contributed by atoms with Crippen LogP contribution in [-0.2, 0) is 0 Å². The molecule has 72 valence electrons. The third-order valence-corrected chi connectivity index (χ3v) is 1.54. The van der Waals surface area contributed by atoms with Gasteiger partial charge in [-0.05, 0) is 19.1 Å². The van der Waals surface area contributed by atoms with Crippen molar-refractivity contribution in [2.24, 2.45) is 0 Å². The predicted octanol–water partition coefficient (Wildman–Crippen LogP) is 0.122. The van der Waals surface area contributed by atoms with Crippen LogP contribution in [0, 0.1) is 6.92 Å². The van der Waals surface area contributed by atoms with E-state index >= 15 is 0 Å². The van der Waals surface area contributed by atoms with Gasteiger partial charge in [-0.1, -0.05) is 0 Å². The third-order valence-electron chi connectivity index (χ3n) is 1.54. The van der Waals surface area contributed by atoms with Crippen LogP contribution < -0.4 is 4.74 Å². The largest absolute Gasteiger partial charge is 0.489 e. The zero-order valence-corrected chi connectivity index (χ0v) is 7.47. The summed E-state index contributed by atoms with van der Waals surface area (Å²) in [5.41, 5.74) is 0.912. The Morgan fingerprint density at radius 3 is 2.85 bits per heavy atom. The highest BCUT2D eigenvalue weighted by Crippen LogP contribution is 2.08. The number of aliphatic hydroxyl groups excluding tert-OH is 2. The van der Waals surface area contributed by atoms with E-state index in [2.05, 4.69) is 4.98 Å². The van der Waals surface area contributed by atoms with Crippen LogP contribution in [0.15, 0.2) is 18.3 Å². The van der Waals surface area contributed by atoms with E-state index in [1.807, 2.05) is 13.0 Å². The molecule has 0 radical (unpaired) electrons. The molecule has 0 aromatic carbocycles. The maximum Gasteiger partial charge on any atom is 0.137 e. The molecule has 0 bridgehead atoms. The number of pyridine rings is 1. The molecule has 0 saturated heterocycles. The number of aryl methyl sites for hydroxylation is 1. The second kappa shape index (κ2) is 4.79. The van der Waals surface area contributed by atoms with E-state index in [0.717, 1.165) is 5.69 Å². The van der Waals surface area contributed by atoms with Crippen LogP contribution in [0.2, 0.25) is 0 Å². The lowest BCUT2D eigenvalue weighted by Crippen LogP contribution is -2.21. The fourth-order valence-electron chi connectivity index (χ4n) is 0.785. The molecule has 4 nitrogen and oxygen atoms in total. The van der Waals surface area contributed by atoms with Crippen molar-refractivity contribution in [2.75, 3.05) is 13.2 Å². The molecule has 0 fully saturated rings. The molecule has 1 atom stereocenters. The number of ether oxygens (including phenoxy) is 1. The second-order valence-electron chi connectivity index (χ2n) is 2.78. The van der Waals surface area contributed by atoms with E-state index in [1.54, 1.807) is 12.3 Å². The zero-order chi connectivity index (χ0) is 9.68. The normalized spacial score (nSPS) is 12.5. The van der Waals surface area contributed by atoms with E-state index in [4.69, 9.17) is 14.9 Å². The minimum Gasteiger partial charge on any atom is -0.489 e. The van der Waals surface area contributed by atoms with Crippen molar-refractivity contribution in [1.82, 2.24) is 4.98 Å². The first kappa shape index (κ1) is 9.95. The van der Waals surface area contributed by atoms with Crippen LogP contribution in [0.4, 0.5) is 0 Å². The third kappa shape index (κ3) is 3.40. The molecular formula is C9H13NO3. The van der Waals surface area contributed by atoms with Crippen molar-refractivity contribution in [3.05, 3.63) is 24.0 Å². The number of nitrogens with zero attached hydrogens (tertiary/aromatic N) is 1. The monoisotopic (exact) mass is 183 g/mol. The Morgan fingerprint density at radius 2 is 2.31 bits per heavy atom. The van der Waals surface area contributed by atoms with E-state index in [9.17, 15) is 0 Å².